The summed E-state index contributed by atoms with van der Waals surface area (Å²) in [6, 6.07) is 0. The first kappa shape index (κ1) is 6.61. The Morgan fingerprint density at radius 2 is 1.90 bits per heavy atom. The lowest BCUT2D eigenvalue weighted by Gasteiger charge is -2.21. The van der Waals surface area contributed by atoms with E-state index in [4.69, 9.17) is 0 Å². The van der Waals surface area contributed by atoms with Crippen molar-refractivity contribution in [3.63, 3.8) is 0 Å². The number of hydrogen-bond donors (Lipinski definition) is 1. The standard InChI is InChI=1S/C6H11NO2S/c8-10(9)5-6(1-2-6)3-4-7-10/h7H,1-5H2. The minimum absolute atomic E-state index is 0.212. The van der Waals surface area contributed by atoms with Crippen LogP contribution in [0.25, 0.3) is 0 Å². The van der Waals surface area contributed by atoms with Crippen LogP contribution in [0.5, 0.6) is 0 Å². The van der Waals surface area contributed by atoms with E-state index in [1.165, 1.54) is 0 Å². The van der Waals surface area contributed by atoms with Gasteiger partial charge >= 0.3 is 0 Å². The predicted octanol–water partition coefficient (Wildman–Crippen LogP) is 0.0897. The largest absolute Gasteiger partial charge is 0.215 e. The summed E-state index contributed by atoms with van der Waals surface area (Å²) >= 11 is 0. The maximum absolute atomic E-state index is 11.0. The van der Waals surface area contributed by atoms with E-state index in [0.29, 0.717) is 12.3 Å². The topological polar surface area (TPSA) is 46.2 Å². The fourth-order valence-corrected chi connectivity index (χ4v) is 3.32. The lowest BCUT2D eigenvalue weighted by atomic mass is 10.1. The van der Waals surface area contributed by atoms with E-state index in [-0.39, 0.29) is 5.41 Å². The first-order valence-corrected chi connectivity index (χ1v) is 5.25. The molecule has 0 unspecified atom stereocenters. The Morgan fingerprint density at radius 1 is 1.20 bits per heavy atom. The Bertz CT molecular complexity index is 240. The summed E-state index contributed by atoms with van der Waals surface area (Å²) in [7, 11) is -2.88. The van der Waals surface area contributed by atoms with Crippen LogP contribution in [0.1, 0.15) is 19.3 Å². The molecule has 0 amide bonds. The molecular weight excluding hydrogens is 150 g/mol. The summed E-state index contributed by atoms with van der Waals surface area (Å²) in [5.41, 5.74) is 0.212. The van der Waals surface area contributed by atoms with E-state index in [1.54, 1.807) is 0 Å². The monoisotopic (exact) mass is 161 g/mol. The van der Waals surface area contributed by atoms with Gasteiger partial charge < -0.3 is 0 Å². The fraction of sp³-hybridized carbons (Fsp3) is 1.00. The van der Waals surface area contributed by atoms with Crippen molar-refractivity contribution in [1.82, 2.24) is 4.72 Å². The van der Waals surface area contributed by atoms with Crippen LogP contribution in [-0.2, 0) is 10.0 Å². The molecule has 1 N–H and O–H groups in total. The van der Waals surface area contributed by atoms with Gasteiger partial charge in [-0.05, 0) is 24.7 Å². The molecule has 1 spiro atoms. The van der Waals surface area contributed by atoms with E-state index >= 15 is 0 Å². The van der Waals surface area contributed by atoms with Crippen LogP contribution in [0.4, 0.5) is 0 Å². The molecule has 1 aliphatic heterocycles. The molecule has 4 heteroatoms. The van der Waals surface area contributed by atoms with E-state index in [0.717, 1.165) is 19.3 Å². The van der Waals surface area contributed by atoms with E-state index in [1.807, 2.05) is 0 Å². The lowest BCUT2D eigenvalue weighted by Crippen LogP contribution is -2.38. The van der Waals surface area contributed by atoms with Gasteiger partial charge in [-0.25, -0.2) is 13.1 Å². The molecular formula is C6H11NO2S. The number of hydrogen-bond acceptors (Lipinski definition) is 2. The minimum Gasteiger partial charge on any atom is -0.215 e. The third-order valence-corrected chi connectivity index (χ3v) is 4.07. The summed E-state index contributed by atoms with van der Waals surface area (Å²) in [6.07, 6.45) is 3.29. The molecule has 2 aliphatic rings. The maximum Gasteiger partial charge on any atom is 0.212 e. The van der Waals surface area contributed by atoms with Crippen LogP contribution in [-0.4, -0.2) is 20.7 Å². The second kappa shape index (κ2) is 1.74. The van der Waals surface area contributed by atoms with Gasteiger partial charge in [-0.1, -0.05) is 0 Å². The highest BCUT2D eigenvalue weighted by Crippen LogP contribution is 2.50. The first-order valence-electron chi connectivity index (χ1n) is 3.59. The molecule has 2 fully saturated rings. The number of nitrogens with one attached hydrogen (secondary N) is 1. The van der Waals surface area contributed by atoms with Crippen molar-refractivity contribution in [2.75, 3.05) is 12.3 Å². The van der Waals surface area contributed by atoms with E-state index in [2.05, 4.69) is 4.72 Å². The second-order valence-electron chi connectivity index (χ2n) is 3.40. The molecule has 1 heterocycles. The van der Waals surface area contributed by atoms with Gasteiger partial charge in [0.25, 0.3) is 0 Å². The van der Waals surface area contributed by atoms with Crippen LogP contribution in [0.3, 0.4) is 0 Å². The van der Waals surface area contributed by atoms with Crippen LogP contribution >= 0.6 is 0 Å². The maximum atomic E-state index is 11.0. The molecule has 0 aromatic heterocycles. The average Bonchev–Trinajstić information content (AvgIpc) is 2.45. The van der Waals surface area contributed by atoms with Gasteiger partial charge in [-0.2, -0.15) is 0 Å². The smallest absolute Gasteiger partial charge is 0.212 e. The Morgan fingerprint density at radius 3 is 2.30 bits per heavy atom. The van der Waals surface area contributed by atoms with E-state index in [9.17, 15) is 8.42 Å². The predicted molar refractivity (Wildman–Crippen MR) is 38.1 cm³/mol. The quantitative estimate of drug-likeness (QED) is 0.547. The number of sulfonamides is 1. The van der Waals surface area contributed by atoms with Gasteiger partial charge in [-0.3, -0.25) is 0 Å². The van der Waals surface area contributed by atoms with Gasteiger partial charge in [-0.15, -0.1) is 0 Å². The Kier molecular flexibility index (Phi) is 1.15. The average molecular weight is 161 g/mol. The highest BCUT2D eigenvalue weighted by molar-refractivity contribution is 7.89. The summed E-state index contributed by atoms with van der Waals surface area (Å²) < 4.78 is 24.5. The van der Waals surface area contributed by atoms with Crippen molar-refractivity contribution in [2.45, 2.75) is 19.3 Å². The van der Waals surface area contributed by atoms with Gasteiger partial charge in [0.2, 0.25) is 10.0 Å². The SMILES string of the molecule is O=S1(=O)CC2(CCN1)CC2. The highest BCUT2D eigenvalue weighted by atomic mass is 32.2. The van der Waals surface area contributed by atoms with Crippen molar-refractivity contribution in [2.24, 2.45) is 5.41 Å². The zero-order chi connectivity index (χ0) is 7.24. The molecule has 1 aliphatic carbocycles. The van der Waals surface area contributed by atoms with Crippen molar-refractivity contribution in [3.05, 3.63) is 0 Å². The highest BCUT2D eigenvalue weighted by Gasteiger charge is 2.47. The molecule has 3 nitrogen and oxygen atoms in total. The van der Waals surface area contributed by atoms with Crippen LogP contribution in [0.2, 0.25) is 0 Å². The van der Waals surface area contributed by atoms with Crippen molar-refractivity contribution >= 4 is 10.0 Å². The first-order chi connectivity index (χ1) is 4.62. The van der Waals surface area contributed by atoms with Crippen LogP contribution in [0, 0.1) is 5.41 Å². The molecule has 0 bridgehead atoms. The number of rotatable bonds is 0. The third-order valence-electron chi connectivity index (χ3n) is 2.43. The molecule has 0 atom stereocenters. The summed E-state index contributed by atoms with van der Waals surface area (Å²) in [5.74, 6) is 0.375. The zero-order valence-electron chi connectivity index (χ0n) is 5.76. The van der Waals surface area contributed by atoms with Gasteiger partial charge in [0.05, 0.1) is 5.75 Å². The summed E-state index contributed by atoms with van der Waals surface area (Å²) in [4.78, 5) is 0. The Balaban J connectivity index is 2.19. The van der Waals surface area contributed by atoms with Gasteiger partial charge in [0, 0.05) is 6.54 Å². The Hall–Kier alpha value is -0.0900. The van der Waals surface area contributed by atoms with E-state index < -0.39 is 10.0 Å². The molecule has 0 radical (unpaired) electrons. The molecule has 0 aromatic rings. The molecule has 1 saturated heterocycles. The van der Waals surface area contributed by atoms with Crippen molar-refractivity contribution < 1.29 is 8.42 Å². The minimum atomic E-state index is -2.88. The lowest BCUT2D eigenvalue weighted by molar-refractivity contribution is 0.465. The normalized spacial score (nSPS) is 34.0. The van der Waals surface area contributed by atoms with Gasteiger partial charge in [0.15, 0.2) is 0 Å². The third kappa shape index (κ3) is 1.06. The van der Waals surface area contributed by atoms with Crippen LogP contribution < -0.4 is 4.72 Å². The molecule has 1 saturated carbocycles. The van der Waals surface area contributed by atoms with Crippen molar-refractivity contribution in [1.29, 1.82) is 0 Å². The van der Waals surface area contributed by atoms with Crippen LogP contribution in [0.15, 0.2) is 0 Å². The zero-order valence-corrected chi connectivity index (χ0v) is 6.58. The fourth-order valence-electron chi connectivity index (χ4n) is 1.57. The second-order valence-corrected chi connectivity index (χ2v) is 5.21. The Labute approximate surface area is 60.9 Å². The van der Waals surface area contributed by atoms with Gasteiger partial charge in [0.1, 0.15) is 0 Å². The van der Waals surface area contributed by atoms with Crippen molar-refractivity contribution in [3.8, 4) is 0 Å². The molecule has 2 rings (SSSR count). The summed E-state index contributed by atoms with van der Waals surface area (Å²) in [5, 5.41) is 0. The molecule has 10 heavy (non-hydrogen) atoms. The molecule has 0 aromatic carbocycles. The molecule has 58 valence electrons. The summed E-state index contributed by atoms with van der Waals surface area (Å²) in [6.45, 7) is 0.655.